The maximum Gasteiger partial charge on any atom is 0.354 e. The van der Waals surface area contributed by atoms with Gasteiger partial charge in [0, 0.05) is 19.3 Å². The van der Waals surface area contributed by atoms with E-state index in [4.69, 9.17) is 0 Å². The molecule has 0 atom stereocenters. The van der Waals surface area contributed by atoms with Gasteiger partial charge in [0.05, 0.1) is 11.8 Å². The van der Waals surface area contributed by atoms with Crippen LogP contribution in [0.3, 0.4) is 0 Å². The Morgan fingerprint density at radius 2 is 1.95 bits per heavy atom. The van der Waals surface area contributed by atoms with Crippen LogP contribution in [0.2, 0.25) is 0 Å². The van der Waals surface area contributed by atoms with E-state index in [1.807, 2.05) is 25.1 Å². The van der Waals surface area contributed by atoms with E-state index in [9.17, 15) is 14.7 Å². The molecule has 0 unspecified atom stereocenters. The highest BCUT2D eigenvalue weighted by Crippen LogP contribution is 2.18. The zero-order valence-corrected chi connectivity index (χ0v) is 11.3. The molecule has 6 heteroatoms. The molecule has 1 aromatic carbocycles. The monoisotopic (exact) mass is 273 g/mol. The molecule has 1 amide bonds. The van der Waals surface area contributed by atoms with Crippen LogP contribution in [0.1, 0.15) is 27.8 Å². The molecule has 20 heavy (non-hydrogen) atoms. The molecule has 2 rings (SSSR count). The van der Waals surface area contributed by atoms with Gasteiger partial charge in [0.2, 0.25) is 0 Å². The highest BCUT2D eigenvalue weighted by molar-refractivity contribution is 6.11. The number of carbonyl (C=O) groups is 2. The second kappa shape index (κ2) is 5.56. The molecule has 0 spiro atoms. The number of carboxylic acids is 1. The number of aromatic carboxylic acids is 1. The third-order valence-corrected chi connectivity index (χ3v) is 3.00. The lowest BCUT2D eigenvalue weighted by Gasteiger charge is -2.20. The van der Waals surface area contributed by atoms with Crippen molar-refractivity contribution in [1.82, 2.24) is 9.78 Å². The minimum atomic E-state index is -1.17. The summed E-state index contributed by atoms with van der Waals surface area (Å²) in [6, 6.07) is 9.12. The topological polar surface area (TPSA) is 75.4 Å². The van der Waals surface area contributed by atoms with Crippen molar-refractivity contribution < 1.29 is 14.7 Å². The maximum atomic E-state index is 12.5. The van der Waals surface area contributed by atoms with Gasteiger partial charge in [-0.3, -0.25) is 9.48 Å². The van der Waals surface area contributed by atoms with Gasteiger partial charge in [-0.1, -0.05) is 18.2 Å². The summed E-state index contributed by atoms with van der Waals surface area (Å²) in [6.07, 6.45) is 1.29. The SMILES string of the molecule is CCN(C(=O)c1cnn(C)c1C(=O)O)c1ccccc1. The van der Waals surface area contributed by atoms with E-state index in [2.05, 4.69) is 5.10 Å². The van der Waals surface area contributed by atoms with E-state index < -0.39 is 5.97 Å². The number of amides is 1. The maximum absolute atomic E-state index is 12.5. The number of para-hydroxylation sites is 1. The van der Waals surface area contributed by atoms with Gasteiger partial charge in [0.25, 0.3) is 5.91 Å². The van der Waals surface area contributed by atoms with Crippen LogP contribution >= 0.6 is 0 Å². The van der Waals surface area contributed by atoms with Gasteiger partial charge >= 0.3 is 5.97 Å². The highest BCUT2D eigenvalue weighted by atomic mass is 16.4. The van der Waals surface area contributed by atoms with Crippen LogP contribution in [0.15, 0.2) is 36.5 Å². The van der Waals surface area contributed by atoms with Crippen molar-refractivity contribution in [2.45, 2.75) is 6.92 Å². The Kier molecular flexibility index (Phi) is 3.84. The molecule has 1 aromatic heterocycles. The van der Waals surface area contributed by atoms with Crippen LogP contribution in [0.25, 0.3) is 0 Å². The lowest BCUT2D eigenvalue weighted by atomic mass is 10.2. The molecule has 0 radical (unpaired) electrons. The standard InChI is InChI=1S/C14H15N3O3/c1-3-17(10-7-5-4-6-8-10)13(18)11-9-15-16(2)12(11)14(19)20/h4-9H,3H2,1-2H3,(H,19,20). The van der Waals surface area contributed by atoms with Crippen molar-refractivity contribution >= 4 is 17.6 Å². The van der Waals surface area contributed by atoms with Gasteiger partial charge in [-0.05, 0) is 19.1 Å². The number of anilines is 1. The molecule has 0 fully saturated rings. The normalized spacial score (nSPS) is 10.3. The number of benzene rings is 1. The molecule has 0 saturated heterocycles. The first-order valence-electron chi connectivity index (χ1n) is 6.18. The van der Waals surface area contributed by atoms with Gasteiger partial charge in [-0.25, -0.2) is 4.79 Å². The van der Waals surface area contributed by atoms with Crippen molar-refractivity contribution in [2.24, 2.45) is 7.05 Å². The Morgan fingerprint density at radius 1 is 1.30 bits per heavy atom. The minimum absolute atomic E-state index is 0.0886. The Labute approximate surface area is 116 Å². The van der Waals surface area contributed by atoms with E-state index in [1.165, 1.54) is 22.8 Å². The van der Waals surface area contributed by atoms with Crippen LogP contribution < -0.4 is 4.90 Å². The molecule has 0 aliphatic heterocycles. The first-order chi connectivity index (χ1) is 9.56. The van der Waals surface area contributed by atoms with Crippen molar-refractivity contribution in [2.75, 3.05) is 11.4 Å². The molecule has 6 nitrogen and oxygen atoms in total. The summed E-state index contributed by atoms with van der Waals surface area (Å²) in [6.45, 7) is 2.28. The molecule has 1 N–H and O–H groups in total. The summed E-state index contributed by atoms with van der Waals surface area (Å²) in [5, 5.41) is 13.0. The fraction of sp³-hybridized carbons (Fsp3) is 0.214. The number of carbonyl (C=O) groups excluding carboxylic acids is 1. The van der Waals surface area contributed by atoms with Gasteiger partial charge in [0.1, 0.15) is 0 Å². The summed E-state index contributed by atoms with van der Waals surface area (Å²) in [7, 11) is 1.50. The lowest BCUT2D eigenvalue weighted by molar-refractivity contribution is 0.0680. The third-order valence-electron chi connectivity index (χ3n) is 3.00. The average molecular weight is 273 g/mol. The number of rotatable bonds is 4. The van der Waals surface area contributed by atoms with Crippen LogP contribution in [-0.2, 0) is 7.05 Å². The van der Waals surface area contributed by atoms with E-state index in [0.29, 0.717) is 6.54 Å². The lowest BCUT2D eigenvalue weighted by Crippen LogP contribution is -2.31. The Bertz CT molecular complexity index is 634. The molecule has 0 bridgehead atoms. The number of hydrogen-bond acceptors (Lipinski definition) is 3. The number of nitrogens with zero attached hydrogens (tertiary/aromatic N) is 3. The highest BCUT2D eigenvalue weighted by Gasteiger charge is 2.25. The predicted octanol–water partition coefficient (Wildman–Crippen LogP) is 1.78. The van der Waals surface area contributed by atoms with Gasteiger partial charge in [-0.2, -0.15) is 5.10 Å². The van der Waals surface area contributed by atoms with Gasteiger partial charge in [0.15, 0.2) is 5.69 Å². The molecular formula is C14H15N3O3. The molecule has 0 saturated carbocycles. The first kappa shape index (κ1) is 13.8. The molecule has 2 aromatic rings. The minimum Gasteiger partial charge on any atom is -0.477 e. The number of hydrogen-bond donors (Lipinski definition) is 1. The summed E-state index contributed by atoms with van der Waals surface area (Å²) in [5.41, 5.74) is 0.704. The van der Waals surface area contributed by atoms with Crippen LogP contribution in [0.5, 0.6) is 0 Å². The van der Waals surface area contributed by atoms with Crippen LogP contribution in [0.4, 0.5) is 5.69 Å². The van der Waals surface area contributed by atoms with E-state index >= 15 is 0 Å². The number of carboxylic acid groups (broad SMARTS) is 1. The smallest absolute Gasteiger partial charge is 0.354 e. The summed E-state index contributed by atoms with van der Waals surface area (Å²) in [4.78, 5) is 25.3. The predicted molar refractivity (Wildman–Crippen MR) is 74.0 cm³/mol. The van der Waals surface area contributed by atoms with E-state index in [-0.39, 0.29) is 17.2 Å². The van der Waals surface area contributed by atoms with Crippen molar-refractivity contribution in [1.29, 1.82) is 0 Å². The molecule has 0 aliphatic carbocycles. The third kappa shape index (κ3) is 2.40. The Hall–Kier alpha value is -2.63. The van der Waals surface area contributed by atoms with Crippen molar-refractivity contribution in [3.63, 3.8) is 0 Å². The Morgan fingerprint density at radius 3 is 2.50 bits per heavy atom. The number of aryl methyl sites for hydroxylation is 1. The van der Waals surface area contributed by atoms with Crippen molar-refractivity contribution in [3.8, 4) is 0 Å². The van der Waals surface area contributed by atoms with Crippen LogP contribution in [-0.4, -0.2) is 33.3 Å². The molecular weight excluding hydrogens is 258 g/mol. The quantitative estimate of drug-likeness (QED) is 0.921. The van der Waals surface area contributed by atoms with Crippen molar-refractivity contribution in [3.05, 3.63) is 47.8 Å². The van der Waals surface area contributed by atoms with Gasteiger partial charge < -0.3 is 10.0 Å². The molecule has 0 aliphatic rings. The zero-order chi connectivity index (χ0) is 14.7. The summed E-state index contributed by atoms with van der Waals surface area (Å²) < 4.78 is 1.19. The Balaban J connectivity index is 2.42. The van der Waals surface area contributed by atoms with E-state index in [0.717, 1.165) is 5.69 Å². The second-order valence-electron chi connectivity index (χ2n) is 4.22. The molecule has 1 heterocycles. The second-order valence-corrected chi connectivity index (χ2v) is 4.22. The number of aromatic nitrogens is 2. The largest absolute Gasteiger partial charge is 0.477 e. The average Bonchev–Trinajstić information content (AvgIpc) is 2.82. The molecule has 104 valence electrons. The van der Waals surface area contributed by atoms with Crippen LogP contribution in [0, 0.1) is 0 Å². The fourth-order valence-electron chi connectivity index (χ4n) is 2.04. The first-order valence-corrected chi connectivity index (χ1v) is 6.18. The van der Waals surface area contributed by atoms with Gasteiger partial charge in [-0.15, -0.1) is 0 Å². The fourth-order valence-corrected chi connectivity index (χ4v) is 2.04. The summed E-state index contributed by atoms with van der Waals surface area (Å²) in [5.74, 6) is -1.54. The summed E-state index contributed by atoms with van der Waals surface area (Å²) >= 11 is 0. The zero-order valence-electron chi connectivity index (χ0n) is 11.3. The van der Waals surface area contributed by atoms with E-state index in [1.54, 1.807) is 12.1 Å².